The minimum absolute atomic E-state index is 0.210. The van der Waals surface area contributed by atoms with Crippen LogP contribution in [-0.2, 0) is 21.3 Å². The Balaban J connectivity index is 1.96. The van der Waals surface area contributed by atoms with Gasteiger partial charge in [-0.05, 0) is 12.8 Å². The zero-order valence-corrected chi connectivity index (χ0v) is 10.5. The van der Waals surface area contributed by atoms with Crippen molar-refractivity contribution in [2.45, 2.75) is 24.5 Å². The fourth-order valence-electron chi connectivity index (χ4n) is 3.34. The summed E-state index contributed by atoms with van der Waals surface area (Å²) < 4.78 is 12.7. The molecule has 98 valence electrons. The lowest BCUT2D eigenvalue weighted by molar-refractivity contribution is -0.158. The second kappa shape index (κ2) is 3.55. The first-order valence-electron chi connectivity index (χ1n) is 6.00. The van der Waals surface area contributed by atoms with E-state index < -0.39 is 5.41 Å². The Kier molecular flexibility index (Phi) is 2.30. The highest BCUT2D eigenvalue weighted by Crippen LogP contribution is 2.67. The molecule has 0 amide bonds. The SMILES string of the molecule is COC(=O)C12CC(CN)(C1)OC2c1cnn(C)c1. The van der Waals surface area contributed by atoms with Gasteiger partial charge in [0.05, 0.1) is 18.9 Å². The summed E-state index contributed by atoms with van der Waals surface area (Å²) in [6.07, 6.45) is 4.61. The smallest absolute Gasteiger partial charge is 0.315 e. The Morgan fingerprint density at radius 1 is 1.72 bits per heavy atom. The van der Waals surface area contributed by atoms with E-state index in [-0.39, 0.29) is 17.7 Å². The number of rotatable bonds is 3. The topological polar surface area (TPSA) is 79.4 Å². The average Bonchev–Trinajstić information content (AvgIpc) is 2.96. The molecule has 6 nitrogen and oxygen atoms in total. The van der Waals surface area contributed by atoms with Gasteiger partial charge in [0, 0.05) is 25.4 Å². The van der Waals surface area contributed by atoms with Gasteiger partial charge in [0.25, 0.3) is 0 Å². The Morgan fingerprint density at radius 3 is 2.94 bits per heavy atom. The normalized spacial score (nSPS) is 37.4. The van der Waals surface area contributed by atoms with Crippen molar-refractivity contribution in [3.63, 3.8) is 0 Å². The number of carbonyl (C=O) groups excluding carboxylic acids is 1. The molecule has 2 aliphatic heterocycles. The van der Waals surface area contributed by atoms with Crippen molar-refractivity contribution in [1.82, 2.24) is 9.78 Å². The number of carbonyl (C=O) groups is 1. The zero-order chi connectivity index (χ0) is 13.0. The van der Waals surface area contributed by atoms with Gasteiger partial charge in [-0.25, -0.2) is 0 Å². The van der Waals surface area contributed by atoms with Crippen LogP contribution in [0.4, 0.5) is 0 Å². The second-order valence-electron chi connectivity index (χ2n) is 5.33. The molecule has 3 aliphatic rings. The molecule has 6 heteroatoms. The lowest BCUT2D eigenvalue weighted by Gasteiger charge is -2.42. The van der Waals surface area contributed by atoms with Crippen molar-refractivity contribution < 1.29 is 14.3 Å². The molecule has 2 N–H and O–H groups in total. The first-order valence-corrected chi connectivity index (χ1v) is 6.00. The highest BCUT2D eigenvalue weighted by atomic mass is 16.6. The first-order chi connectivity index (χ1) is 8.55. The number of methoxy groups -OCH3 is 1. The predicted molar refractivity (Wildman–Crippen MR) is 62.5 cm³/mol. The fourth-order valence-corrected chi connectivity index (χ4v) is 3.34. The van der Waals surface area contributed by atoms with Crippen molar-refractivity contribution in [3.05, 3.63) is 18.0 Å². The Labute approximate surface area is 105 Å². The molecule has 1 aliphatic carbocycles. The van der Waals surface area contributed by atoms with E-state index >= 15 is 0 Å². The van der Waals surface area contributed by atoms with Crippen molar-refractivity contribution in [3.8, 4) is 0 Å². The van der Waals surface area contributed by atoms with Gasteiger partial charge < -0.3 is 15.2 Å². The van der Waals surface area contributed by atoms with Crippen molar-refractivity contribution >= 4 is 5.97 Å². The lowest BCUT2D eigenvalue weighted by Crippen LogP contribution is -2.53. The van der Waals surface area contributed by atoms with Gasteiger partial charge in [-0.2, -0.15) is 5.10 Å². The third-order valence-corrected chi connectivity index (χ3v) is 4.14. The molecule has 0 spiro atoms. The molecule has 2 bridgehead atoms. The molecule has 3 heterocycles. The number of aryl methyl sites for hydroxylation is 1. The lowest BCUT2D eigenvalue weighted by atomic mass is 9.59. The maximum Gasteiger partial charge on any atom is 0.315 e. The minimum Gasteiger partial charge on any atom is -0.469 e. The van der Waals surface area contributed by atoms with Crippen molar-refractivity contribution in [1.29, 1.82) is 0 Å². The van der Waals surface area contributed by atoms with Gasteiger partial charge in [-0.3, -0.25) is 9.48 Å². The second-order valence-corrected chi connectivity index (χ2v) is 5.33. The standard InChI is InChI=1S/C12H17N3O3/c1-15-4-8(3-14-15)9-12(10(16)17-2)5-11(6-12,7-13)18-9/h3-4,9H,5-7,13H2,1-2H3. The van der Waals surface area contributed by atoms with E-state index in [4.69, 9.17) is 15.2 Å². The van der Waals surface area contributed by atoms with Crippen LogP contribution < -0.4 is 5.73 Å². The van der Waals surface area contributed by atoms with Crippen LogP contribution in [0.1, 0.15) is 24.5 Å². The van der Waals surface area contributed by atoms with Crippen LogP contribution in [0.3, 0.4) is 0 Å². The van der Waals surface area contributed by atoms with E-state index in [9.17, 15) is 4.79 Å². The molecule has 1 saturated carbocycles. The van der Waals surface area contributed by atoms with E-state index in [1.807, 2.05) is 13.2 Å². The van der Waals surface area contributed by atoms with Gasteiger partial charge in [-0.15, -0.1) is 0 Å². The number of aromatic nitrogens is 2. The summed E-state index contributed by atoms with van der Waals surface area (Å²) in [6.45, 7) is 0.433. The van der Waals surface area contributed by atoms with Gasteiger partial charge in [0.15, 0.2) is 0 Å². The number of nitrogens with two attached hydrogens (primary N) is 1. The van der Waals surface area contributed by atoms with E-state index in [0.717, 1.165) is 5.56 Å². The summed E-state index contributed by atoms with van der Waals surface area (Å²) in [5.74, 6) is -0.210. The number of hydrogen-bond acceptors (Lipinski definition) is 5. The summed E-state index contributed by atoms with van der Waals surface area (Å²) >= 11 is 0. The number of fused-ring (bicyclic) bond motifs is 1. The van der Waals surface area contributed by atoms with Gasteiger partial charge in [-0.1, -0.05) is 0 Å². The monoisotopic (exact) mass is 251 g/mol. The van der Waals surface area contributed by atoms with E-state index in [2.05, 4.69) is 5.10 Å². The van der Waals surface area contributed by atoms with Gasteiger partial charge in [0.2, 0.25) is 0 Å². The summed E-state index contributed by atoms with van der Waals surface area (Å²) in [6, 6.07) is 0. The summed E-state index contributed by atoms with van der Waals surface area (Å²) in [5.41, 5.74) is 5.74. The third kappa shape index (κ3) is 1.30. The van der Waals surface area contributed by atoms with Crippen molar-refractivity contribution in [2.24, 2.45) is 18.2 Å². The molecular formula is C12H17N3O3. The molecular weight excluding hydrogens is 234 g/mol. The van der Waals surface area contributed by atoms with Gasteiger partial charge >= 0.3 is 5.97 Å². The zero-order valence-electron chi connectivity index (χ0n) is 10.5. The summed E-state index contributed by atoms with van der Waals surface area (Å²) in [7, 11) is 3.25. The summed E-state index contributed by atoms with van der Waals surface area (Å²) in [4.78, 5) is 12.1. The molecule has 3 fully saturated rings. The fraction of sp³-hybridized carbons (Fsp3) is 0.667. The molecule has 1 atom stereocenters. The number of esters is 1. The Hall–Kier alpha value is -1.40. The van der Waals surface area contributed by atoms with Crippen LogP contribution >= 0.6 is 0 Å². The predicted octanol–water partition coefficient (Wildman–Crippen LogP) is 0.142. The molecule has 18 heavy (non-hydrogen) atoms. The largest absolute Gasteiger partial charge is 0.469 e. The van der Waals surface area contributed by atoms with Crippen LogP contribution in [0.15, 0.2) is 12.4 Å². The molecule has 2 saturated heterocycles. The van der Waals surface area contributed by atoms with Crippen LogP contribution in [0.25, 0.3) is 0 Å². The number of hydrogen-bond donors (Lipinski definition) is 1. The molecule has 4 rings (SSSR count). The van der Waals surface area contributed by atoms with Crippen molar-refractivity contribution in [2.75, 3.05) is 13.7 Å². The maximum absolute atomic E-state index is 12.1. The molecule has 1 aromatic heterocycles. The van der Waals surface area contributed by atoms with Crippen LogP contribution in [0.2, 0.25) is 0 Å². The van der Waals surface area contributed by atoms with Crippen LogP contribution in [0.5, 0.6) is 0 Å². The highest BCUT2D eigenvalue weighted by molar-refractivity contribution is 5.80. The number of nitrogens with zero attached hydrogens (tertiary/aromatic N) is 2. The van der Waals surface area contributed by atoms with E-state index in [1.165, 1.54) is 7.11 Å². The average molecular weight is 251 g/mol. The molecule has 0 aromatic carbocycles. The Bertz CT molecular complexity index is 491. The molecule has 1 aromatic rings. The Morgan fingerprint density at radius 2 is 2.44 bits per heavy atom. The maximum atomic E-state index is 12.1. The highest BCUT2D eigenvalue weighted by Gasteiger charge is 2.72. The molecule has 1 unspecified atom stereocenters. The summed E-state index contributed by atoms with van der Waals surface area (Å²) in [5, 5.41) is 4.13. The third-order valence-electron chi connectivity index (χ3n) is 4.14. The minimum atomic E-state index is -0.572. The van der Waals surface area contributed by atoms with E-state index in [1.54, 1.807) is 10.9 Å². The van der Waals surface area contributed by atoms with Crippen LogP contribution in [0, 0.1) is 5.41 Å². The van der Waals surface area contributed by atoms with E-state index in [0.29, 0.717) is 19.4 Å². The van der Waals surface area contributed by atoms with Gasteiger partial charge in [0.1, 0.15) is 11.5 Å². The first kappa shape index (κ1) is 11.7. The molecule has 0 radical (unpaired) electrons. The number of ether oxygens (including phenoxy) is 2. The van der Waals surface area contributed by atoms with Crippen LogP contribution in [-0.4, -0.2) is 35.0 Å². The quantitative estimate of drug-likeness (QED) is 0.773.